The molecule has 0 aliphatic carbocycles. The molecule has 0 bridgehead atoms. The fourth-order valence-corrected chi connectivity index (χ4v) is 3.69. The fourth-order valence-electron chi connectivity index (χ4n) is 3.69. The molecule has 1 atom stereocenters. The molecule has 21 heavy (non-hydrogen) atoms. The van der Waals surface area contributed by atoms with Crippen LogP contribution in [0.15, 0.2) is 0 Å². The Kier molecular flexibility index (Phi) is 6.06. The molecular formula is C17H33N3O. The van der Waals surface area contributed by atoms with Crippen LogP contribution >= 0.6 is 0 Å². The highest BCUT2D eigenvalue weighted by atomic mass is 16.2. The van der Waals surface area contributed by atoms with E-state index in [9.17, 15) is 4.79 Å². The molecule has 0 radical (unpaired) electrons. The van der Waals surface area contributed by atoms with E-state index in [4.69, 9.17) is 0 Å². The second-order valence-corrected chi connectivity index (χ2v) is 7.53. The van der Waals surface area contributed by atoms with Crippen molar-refractivity contribution in [2.24, 2.45) is 11.8 Å². The summed E-state index contributed by atoms with van der Waals surface area (Å²) in [4.78, 5) is 19.3. The number of carbonyl (C=O) groups excluding carboxylic acids is 1. The van der Waals surface area contributed by atoms with E-state index >= 15 is 0 Å². The third-order valence-electron chi connectivity index (χ3n) is 4.93. The summed E-state index contributed by atoms with van der Waals surface area (Å²) in [7, 11) is 0. The number of carbonyl (C=O) groups is 1. The highest BCUT2D eigenvalue weighted by Gasteiger charge is 2.27. The summed E-state index contributed by atoms with van der Waals surface area (Å²) in [5.41, 5.74) is 0. The monoisotopic (exact) mass is 295 g/mol. The maximum atomic E-state index is 12.4. The van der Waals surface area contributed by atoms with E-state index in [1.54, 1.807) is 0 Å². The van der Waals surface area contributed by atoms with E-state index in [2.05, 4.69) is 42.4 Å². The molecule has 4 nitrogen and oxygen atoms in total. The van der Waals surface area contributed by atoms with Crippen molar-refractivity contribution in [2.45, 2.75) is 46.6 Å². The van der Waals surface area contributed by atoms with E-state index in [1.165, 1.54) is 12.8 Å². The van der Waals surface area contributed by atoms with E-state index in [0.717, 1.165) is 51.1 Å². The summed E-state index contributed by atoms with van der Waals surface area (Å²) in [6.45, 7) is 15.8. The first-order valence-electron chi connectivity index (χ1n) is 8.70. The molecule has 4 heteroatoms. The Morgan fingerprint density at radius 1 is 1.05 bits per heavy atom. The van der Waals surface area contributed by atoms with Crippen LogP contribution in [0.1, 0.15) is 40.5 Å². The Labute approximate surface area is 130 Å². The number of likely N-dealkylation sites (tertiary alicyclic amines) is 1. The minimum atomic E-state index is 0.337. The maximum absolute atomic E-state index is 12.4. The number of amides is 1. The van der Waals surface area contributed by atoms with E-state index in [1.807, 2.05) is 0 Å². The zero-order valence-corrected chi connectivity index (χ0v) is 14.3. The predicted octanol–water partition coefficient (Wildman–Crippen LogP) is 1.91. The van der Waals surface area contributed by atoms with Gasteiger partial charge >= 0.3 is 0 Å². The van der Waals surface area contributed by atoms with Crippen molar-refractivity contribution >= 4 is 5.91 Å². The van der Waals surface area contributed by atoms with Crippen molar-refractivity contribution in [2.75, 3.05) is 45.8 Å². The van der Waals surface area contributed by atoms with Gasteiger partial charge in [-0.3, -0.25) is 14.6 Å². The lowest BCUT2D eigenvalue weighted by atomic mass is 9.97. The zero-order valence-electron chi connectivity index (χ0n) is 14.3. The molecule has 2 saturated heterocycles. The molecule has 2 heterocycles. The third kappa shape index (κ3) is 4.96. The van der Waals surface area contributed by atoms with Gasteiger partial charge in [-0.15, -0.1) is 0 Å². The Bertz CT molecular complexity index is 335. The van der Waals surface area contributed by atoms with Crippen molar-refractivity contribution in [3.63, 3.8) is 0 Å². The minimum Gasteiger partial charge on any atom is -0.339 e. The molecule has 0 aromatic carbocycles. The van der Waals surface area contributed by atoms with E-state index in [0.29, 0.717) is 18.5 Å². The van der Waals surface area contributed by atoms with Crippen molar-refractivity contribution in [3.05, 3.63) is 0 Å². The van der Waals surface area contributed by atoms with Crippen molar-refractivity contribution in [3.8, 4) is 0 Å². The van der Waals surface area contributed by atoms with Gasteiger partial charge in [-0.25, -0.2) is 0 Å². The molecular weight excluding hydrogens is 262 g/mol. The number of rotatable bonds is 5. The molecule has 122 valence electrons. The van der Waals surface area contributed by atoms with Crippen molar-refractivity contribution in [1.29, 1.82) is 0 Å². The molecule has 0 spiro atoms. The highest BCUT2D eigenvalue weighted by molar-refractivity contribution is 5.78. The Balaban J connectivity index is 1.71. The predicted molar refractivity (Wildman–Crippen MR) is 87.3 cm³/mol. The second kappa shape index (κ2) is 7.59. The Hall–Kier alpha value is -0.610. The van der Waals surface area contributed by atoms with Crippen LogP contribution < -0.4 is 0 Å². The lowest BCUT2D eigenvalue weighted by molar-refractivity contribution is -0.134. The summed E-state index contributed by atoms with van der Waals surface area (Å²) in [5.74, 6) is 1.91. The first-order valence-corrected chi connectivity index (χ1v) is 8.70. The molecule has 0 aromatic rings. The minimum absolute atomic E-state index is 0.337. The van der Waals surface area contributed by atoms with Crippen molar-refractivity contribution in [1.82, 2.24) is 14.7 Å². The standard InChI is InChI=1S/C17H33N3O/c1-14(2)11-16-5-6-18(12-16)13-17(21)20-9-7-19(8-10-20)15(3)4/h14-16H,5-13H2,1-4H3/t16-/m0/s1. The summed E-state index contributed by atoms with van der Waals surface area (Å²) in [6.07, 6.45) is 2.57. The fraction of sp³-hybridized carbons (Fsp3) is 0.941. The van der Waals surface area contributed by atoms with E-state index < -0.39 is 0 Å². The first kappa shape index (κ1) is 16.8. The summed E-state index contributed by atoms with van der Waals surface area (Å²) < 4.78 is 0. The zero-order chi connectivity index (χ0) is 15.4. The summed E-state index contributed by atoms with van der Waals surface area (Å²) in [5, 5.41) is 0. The van der Waals surface area contributed by atoms with Gasteiger partial charge in [0, 0.05) is 38.8 Å². The van der Waals surface area contributed by atoms with Crippen LogP contribution in [0.2, 0.25) is 0 Å². The normalized spacial score (nSPS) is 25.2. The van der Waals surface area contributed by atoms with Gasteiger partial charge < -0.3 is 4.90 Å². The second-order valence-electron chi connectivity index (χ2n) is 7.53. The highest BCUT2D eigenvalue weighted by Crippen LogP contribution is 2.23. The topological polar surface area (TPSA) is 26.8 Å². The van der Waals surface area contributed by atoms with Crippen LogP contribution in [-0.4, -0.2) is 72.5 Å². The first-order chi connectivity index (χ1) is 9.95. The number of piperazine rings is 1. The number of hydrogen-bond donors (Lipinski definition) is 0. The maximum Gasteiger partial charge on any atom is 0.236 e. The molecule has 0 N–H and O–H groups in total. The average molecular weight is 295 g/mol. The van der Waals surface area contributed by atoms with Crippen LogP contribution in [0.25, 0.3) is 0 Å². The van der Waals surface area contributed by atoms with Gasteiger partial charge in [0.2, 0.25) is 5.91 Å². The summed E-state index contributed by atoms with van der Waals surface area (Å²) in [6, 6.07) is 0.595. The van der Waals surface area contributed by atoms with Crippen LogP contribution in [0.5, 0.6) is 0 Å². The Morgan fingerprint density at radius 3 is 2.29 bits per heavy atom. The van der Waals surface area contributed by atoms with E-state index in [-0.39, 0.29) is 0 Å². The third-order valence-corrected chi connectivity index (χ3v) is 4.93. The van der Waals surface area contributed by atoms with Crippen molar-refractivity contribution < 1.29 is 4.79 Å². The molecule has 2 aliphatic heterocycles. The van der Waals surface area contributed by atoms with Gasteiger partial charge in [-0.1, -0.05) is 13.8 Å². The number of nitrogens with zero attached hydrogens (tertiary/aromatic N) is 3. The molecule has 0 unspecified atom stereocenters. The smallest absolute Gasteiger partial charge is 0.236 e. The van der Waals surface area contributed by atoms with Crippen LogP contribution in [0.3, 0.4) is 0 Å². The molecule has 0 aromatic heterocycles. The average Bonchev–Trinajstić information content (AvgIpc) is 2.85. The Morgan fingerprint density at radius 2 is 1.71 bits per heavy atom. The lowest BCUT2D eigenvalue weighted by Gasteiger charge is -2.37. The number of hydrogen-bond acceptors (Lipinski definition) is 3. The van der Waals surface area contributed by atoms with Crippen LogP contribution in [0, 0.1) is 11.8 Å². The van der Waals surface area contributed by atoms with Gasteiger partial charge in [-0.05, 0) is 45.1 Å². The molecule has 0 saturated carbocycles. The van der Waals surface area contributed by atoms with Crippen LogP contribution in [0.4, 0.5) is 0 Å². The molecule has 1 amide bonds. The van der Waals surface area contributed by atoms with Crippen LogP contribution in [-0.2, 0) is 4.79 Å². The quantitative estimate of drug-likeness (QED) is 0.775. The molecule has 2 fully saturated rings. The van der Waals surface area contributed by atoms with Gasteiger partial charge in [-0.2, -0.15) is 0 Å². The van der Waals surface area contributed by atoms with Gasteiger partial charge in [0.1, 0.15) is 0 Å². The summed E-state index contributed by atoms with van der Waals surface area (Å²) >= 11 is 0. The molecule has 2 rings (SSSR count). The lowest BCUT2D eigenvalue weighted by Crippen LogP contribution is -2.52. The SMILES string of the molecule is CC(C)C[C@@H]1CCN(CC(=O)N2CCN(C(C)C)CC2)C1. The molecule has 2 aliphatic rings. The largest absolute Gasteiger partial charge is 0.339 e. The van der Waals surface area contributed by atoms with Gasteiger partial charge in [0.25, 0.3) is 0 Å². The van der Waals surface area contributed by atoms with Gasteiger partial charge in [0.05, 0.1) is 6.54 Å². The van der Waals surface area contributed by atoms with Gasteiger partial charge in [0.15, 0.2) is 0 Å².